The average Bonchev–Trinajstić information content (AvgIpc) is 3.37. The van der Waals surface area contributed by atoms with E-state index in [1.165, 1.54) is 17.1 Å². The lowest BCUT2D eigenvalue weighted by atomic mass is 9.98. The number of ether oxygens (including phenoxy) is 1. The number of benzene rings is 2. The monoisotopic (exact) mass is 448 g/mol. The minimum absolute atomic E-state index is 0.0460. The highest BCUT2D eigenvalue weighted by atomic mass is 16.5. The van der Waals surface area contributed by atoms with E-state index in [4.69, 9.17) is 9.84 Å². The Morgan fingerprint density at radius 3 is 2.33 bits per heavy atom. The van der Waals surface area contributed by atoms with Gasteiger partial charge in [0.1, 0.15) is 19.2 Å². The molecular formula is C24H24N4O5. The second-order valence-electron chi connectivity index (χ2n) is 7.74. The summed E-state index contributed by atoms with van der Waals surface area (Å²) >= 11 is 0. The van der Waals surface area contributed by atoms with Crippen LogP contribution in [-0.4, -0.2) is 45.5 Å². The third-order valence-electron chi connectivity index (χ3n) is 5.57. The lowest BCUT2D eigenvalue weighted by Gasteiger charge is -2.14. The molecule has 2 amide bonds. The Morgan fingerprint density at radius 2 is 1.73 bits per heavy atom. The van der Waals surface area contributed by atoms with E-state index in [1.807, 2.05) is 36.4 Å². The highest BCUT2D eigenvalue weighted by Gasteiger charge is 2.29. The Morgan fingerprint density at radius 1 is 1.09 bits per heavy atom. The molecule has 0 spiro atoms. The van der Waals surface area contributed by atoms with Crippen LogP contribution in [0.5, 0.6) is 0 Å². The zero-order valence-corrected chi connectivity index (χ0v) is 18.0. The Kier molecular flexibility index (Phi) is 6.39. The summed E-state index contributed by atoms with van der Waals surface area (Å²) in [6.45, 7) is 1.68. The van der Waals surface area contributed by atoms with Gasteiger partial charge in [-0.3, -0.25) is 14.8 Å². The predicted molar refractivity (Wildman–Crippen MR) is 121 cm³/mol. The maximum absolute atomic E-state index is 12.4. The zero-order valence-electron chi connectivity index (χ0n) is 18.0. The van der Waals surface area contributed by atoms with Crippen LogP contribution >= 0.6 is 0 Å². The lowest BCUT2D eigenvalue weighted by Crippen LogP contribution is -2.41. The molecule has 170 valence electrons. The van der Waals surface area contributed by atoms with E-state index in [0.29, 0.717) is 5.69 Å². The number of anilines is 1. The number of rotatable bonds is 8. The molecule has 1 aliphatic carbocycles. The fraction of sp³-hybridized carbons (Fsp3) is 0.250. The van der Waals surface area contributed by atoms with E-state index in [-0.39, 0.29) is 25.5 Å². The smallest absolute Gasteiger partial charge is 0.411 e. The van der Waals surface area contributed by atoms with Gasteiger partial charge in [0.2, 0.25) is 5.91 Å². The number of carbonyl (C=O) groups excluding carboxylic acids is 2. The van der Waals surface area contributed by atoms with Gasteiger partial charge in [-0.15, -0.1) is 0 Å². The van der Waals surface area contributed by atoms with Gasteiger partial charge in [-0.25, -0.2) is 9.59 Å². The minimum Gasteiger partial charge on any atom is -0.480 e. The van der Waals surface area contributed by atoms with Crippen LogP contribution in [-0.2, 0) is 20.9 Å². The highest BCUT2D eigenvalue weighted by Crippen LogP contribution is 2.44. The van der Waals surface area contributed by atoms with Gasteiger partial charge in [-0.05, 0) is 28.7 Å². The van der Waals surface area contributed by atoms with E-state index in [1.54, 1.807) is 6.92 Å². The lowest BCUT2D eigenvalue weighted by molar-refractivity contribution is -0.142. The number of hydrogen-bond donors (Lipinski definition) is 3. The number of aromatic nitrogens is 2. The minimum atomic E-state index is -1.09. The van der Waals surface area contributed by atoms with Gasteiger partial charge >= 0.3 is 12.1 Å². The predicted octanol–water partition coefficient (Wildman–Crippen LogP) is 3.22. The van der Waals surface area contributed by atoms with Crippen LogP contribution in [0.25, 0.3) is 11.1 Å². The van der Waals surface area contributed by atoms with E-state index in [9.17, 15) is 14.4 Å². The van der Waals surface area contributed by atoms with E-state index < -0.39 is 24.0 Å². The van der Waals surface area contributed by atoms with Gasteiger partial charge in [-0.2, -0.15) is 5.10 Å². The molecule has 1 aromatic heterocycles. The topological polar surface area (TPSA) is 123 Å². The van der Waals surface area contributed by atoms with Crippen molar-refractivity contribution in [1.29, 1.82) is 0 Å². The third kappa shape index (κ3) is 4.87. The van der Waals surface area contributed by atoms with Gasteiger partial charge in [0.05, 0.1) is 11.9 Å². The number of amides is 2. The molecule has 9 nitrogen and oxygen atoms in total. The second kappa shape index (κ2) is 9.56. The first-order chi connectivity index (χ1) is 16.0. The number of nitrogens with one attached hydrogen (secondary N) is 2. The van der Waals surface area contributed by atoms with Crippen molar-refractivity contribution in [1.82, 2.24) is 15.1 Å². The quantitative estimate of drug-likeness (QED) is 0.486. The summed E-state index contributed by atoms with van der Waals surface area (Å²) in [6.07, 6.45) is 2.51. The summed E-state index contributed by atoms with van der Waals surface area (Å²) in [5, 5.41) is 18.1. The van der Waals surface area contributed by atoms with E-state index in [0.717, 1.165) is 22.3 Å². The molecule has 0 aliphatic heterocycles. The molecule has 1 atom stereocenters. The Bertz CT molecular complexity index is 1140. The number of nitrogens with zero attached hydrogens (tertiary/aromatic N) is 2. The Labute approximate surface area is 190 Å². The van der Waals surface area contributed by atoms with Crippen molar-refractivity contribution in [2.24, 2.45) is 0 Å². The molecule has 33 heavy (non-hydrogen) atoms. The molecule has 0 fully saturated rings. The van der Waals surface area contributed by atoms with Gasteiger partial charge in [0, 0.05) is 12.1 Å². The fourth-order valence-electron chi connectivity index (χ4n) is 3.99. The van der Waals surface area contributed by atoms with Gasteiger partial charge in [0.25, 0.3) is 0 Å². The first-order valence-electron chi connectivity index (χ1n) is 10.6. The molecule has 9 heteroatoms. The Hall–Kier alpha value is -4.14. The van der Waals surface area contributed by atoms with Crippen LogP contribution in [0, 0.1) is 0 Å². The average molecular weight is 448 g/mol. The maximum atomic E-state index is 12.4. The number of fused-ring (bicyclic) bond motifs is 3. The summed E-state index contributed by atoms with van der Waals surface area (Å²) in [5.74, 6) is -1.63. The van der Waals surface area contributed by atoms with Gasteiger partial charge in [0.15, 0.2) is 0 Å². The van der Waals surface area contributed by atoms with Crippen molar-refractivity contribution in [2.75, 3.05) is 11.9 Å². The van der Waals surface area contributed by atoms with Gasteiger partial charge < -0.3 is 15.2 Å². The second-order valence-corrected chi connectivity index (χ2v) is 7.74. The molecule has 1 heterocycles. The number of aliphatic carboxylic acids is 1. The third-order valence-corrected chi connectivity index (χ3v) is 5.57. The molecule has 2 aromatic carbocycles. The first-order valence-corrected chi connectivity index (χ1v) is 10.6. The molecular weight excluding hydrogens is 424 g/mol. The standard InChI is InChI=1S/C24H24N4O5/c1-2-21(23(30)31)27-22(29)13-28-12-15(11-25-28)26-24(32)33-14-20-18-9-5-3-7-16(18)17-8-4-6-10-19(17)20/h3-12,20-21H,2,13-14H2,1H3,(H,26,32)(H,27,29)(H,30,31). The number of carbonyl (C=O) groups is 3. The van der Waals surface area contributed by atoms with E-state index >= 15 is 0 Å². The van der Waals surface area contributed by atoms with Crippen LogP contribution in [0.4, 0.5) is 10.5 Å². The van der Waals surface area contributed by atoms with Crippen LogP contribution in [0.3, 0.4) is 0 Å². The van der Waals surface area contributed by atoms with Gasteiger partial charge in [-0.1, -0.05) is 55.5 Å². The summed E-state index contributed by atoms with van der Waals surface area (Å²) < 4.78 is 6.80. The number of hydrogen-bond acceptors (Lipinski definition) is 5. The summed E-state index contributed by atoms with van der Waals surface area (Å²) in [5.41, 5.74) is 4.91. The molecule has 3 N–H and O–H groups in total. The van der Waals surface area contributed by atoms with Crippen molar-refractivity contribution >= 4 is 23.7 Å². The summed E-state index contributed by atoms with van der Waals surface area (Å²) in [6, 6.07) is 15.2. The van der Waals surface area contributed by atoms with Crippen molar-refractivity contribution in [2.45, 2.75) is 31.8 Å². The van der Waals surface area contributed by atoms with Crippen LogP contribution < -0.4 is 10.6 Å². The Balaban J connectivity index is 1.33. The van der Waals surface area contributed by atoms with Crippen molar-refractivity contribution < 1.29 is 24.2 Å². The van der Waals surface area contributed by atoms with Crippen LogP contribution in [0.15, 0.2) is 60.9 Å². The first kappa shape index (κ1) is 22.1. The summed E-state index contributed by atoms with van der Waals surface area (Å²) in [4.78, 5) is 35.4. The van der Waals surface area contributed by atoms with Crippen LogP contribution in [0.2, 0.25) is 0 Å². The normalized spacial score (nSPS) is 13.0. The molecule has 0 saturated heterocycles. The molecule has 1 aliphatic rings. The molecule has 0 saturated carbocycles. The number of carboxylic acid groups (broad SMARTS) is 1. The summed E-state index contributed by atoms with van der Waals surface area (Å²) in [7, 11) is 0. The SMILES string of the molecule is CCC(NC(=O)Cn1cc(NC(=O)OCC2c3ccccc3-c3ccccc32)cn1)C(=O)O. The number of carboxylic acids is 1. The van der Waals surface area contributed by atoms with Crippen LogP contribution in [0.1, 0.15) is 30.4 Å². The molecule has 0 radical (unpaired) electrons. The molecule has 3 aromatic rings. The zero-order chi connectivity index (χ0) is 23.4. The maximum Gasteiger partial charge on any atom is 0.411 e. The van der Waals surface area contributed by atoms with Crippen molar-refractivity contribution in [3.05, 3.63) is 72.1 Å². The highest BCUT2D eigenvalue weighted by molar-refractivity contribution is 5.85. The molecule has 1 unspecified atom stereocenters. The fourth-order valence-corrected chi connectivity index (χ4v) is 3.99. The van der Waals surface area contributed by atoms with Crippen molar-refractivity contribution in [3.63, 3.8) is 0 Å². The van der Waals surface area contributed by atoms with E-state index in [2.05, 4.69) is 27.9 Å². The largest absolute Gasteiger partial charge is 0.480 e. The molecule has 0 bridgehead atoms. The van der Waals surface area contributed by atoms with Crippen molar-refractivity contribution in [3.8, 4) is 11.1 Å². The molecule has 4 rings (SSSR count).